The Hall–Kier alpha value is -0.770. The van der Waals surface area contributed by atoms with E-state index in [1.165, 1.54) is 12.8 Å². The molecule has 0 saturated heterocycles. The van der Waals surface area contributed by atoms with Crippen LogP contribution in [0.15, 0.2) is 16.7 Å². The predicted octanol–water partition coefficient (Wildman–Crippen LogP) is 3.09. The van der Waals surface area contributed by atoms with E-state index < -0.39 is 0 Å². The summed E-state index contributed by atoms with van der Waals surface area (Å²) >= 11 is 3.32. The third-order valence-corrected chi connectivity index (χ3v) is 3.62. The van der Waals surface area contributed by atoms with E-state index in [4.69, 9.17) is 0 Å². The number of rotatable bonds is 2. The smallest absolute Gasteiger partial charge is 0.267 e. The molecule has 1 saturated carbocycles. The molecule has 1 aromatic rings. The molecule has 1 fully saturated rings. The molecule has 0 spiro atoms. The quantitative estimate of drug-likeness (QED) is 0.861. The van der Waals surface area contributed by atoms with Crippen LogP contribution in [0.25, 0.3) is 0 Å². The largest absolute Gasteiger partial charge is 0.356 e. The van der Waals surface area contributed by atoms with Crippen molar-refractivity contribution in [2.45, 2.75) is 38.6 Å². The molecule has 0 bridgehead atoms. The molecule has 2 rings (SSSR count). The van der Waals surface area contributed by atoms with Crippen LogP contribution in [0.4, 0.5) is 0 Å². The summed E-state index contributed by atoms with van der Waals surface area (Å²) in [5.74, 6) is 0.735. The molecular formula is C12H17BrN2O. The lowest BCUT2D eigenvalue weighted by Gasteiger charge is -2.27. The van der Waals surface area contributed by atoms with Crippen molar-refractivity contribution in [2.24, 2.45) is 5.92 Å². The van der Waals surface area contributed by atoms with Gasteiger partial charge < -0.3 is 10.3 Å². The zero-order valence-corrected chi connectivity index (χ0v) is 11.0. The average molecular weight is 285 g/mol. The van der Waals surface area contributed by atoms with Crippen LogP contribution in [0.3, 0.4) is 0 Å². The number of nitrogens with one attached hydrogen (secondary N) is 2. The van der Waals surface area contributed by atoms with Gasteiger partial charge in [0, 0.05) is 16.7 Å². The fourth-order valence-electron chi connectivity index (χ4n) is 2.33. The molecule has 4 heteroatoms. The number of carbonyl (C=O) groups is 1. The van der Waals surface area contributed by atoms with Gasteiger partial charge in [-0.3, -0.25) is 4.79 Å². The van der Waals surface area contributed by atoms with Crippen LogP contribution in [0.5, 0.6) is 0 Å². The van der Waals surface area contributed by atoms with Crippen molar-refractivity contribution in [3.63, 3.8) is 0 Å². The summed E-state index contributed by atoms with van der Waals surface area (Å²) in [6.45, 7) is 2.25. The third-order valence-electron chi connectivity index (χ3n) is 3.16. The molecule has 88 valence electrons. The minimum Gasteiger partial charge on any atom is -0.356 e. The second-order valence-corrected chi connectivity index (χ2v) is 5.59. The van der Waals surface area contributed by atoms with Crippen molar-refractivity contribution >= 4 is 21.8 Å². The van der Waals surface area contributed by atoms with E-state index in [-0.39, 0.29) is 5.91 Å². The summed E-state index contributed by atoms with van der Waals surface area (Å²) < 4.78 is 0.912. The van der Waals surface area contributed by atoms with E-state index in [0.717, 1.165) is 23.2 Å². The number of amides is 1. The van der Waals surface area contributed by atoms with Gasteiger partial charge in [-0.2, -0.15) is 0 Å². The van der Waals surface area contributed by atoms with Crippen LogP contribution in [0.1, 0.15) is 43.1 Å². The highest BCUT2D eigenvalue weighted by Crippen LogP contribution is 2.23. The summed E-state index contributed by atoms with van der Waals surface area (Å²) in [7, 11) is 0. The number of hydrogen-bond acceptors (Lipinski definition) is 1. The SMILES string of the molecule is CC1CCCC(NC(=O)c2cc(Br)c[nH]2)C1. The van der Waals surface area contributed by atoms with Crippen LogP contribution >= 0.6 is 15.9 Å². The summed E-state index contributed by atoms with van der Waals surface area (Å²) in [5, 5.41) is 3.09. The molecule has 2 atom stereocenters. The number of aromatic amines is 1. The van der Waals surface area contributed by atoms with Gasteiger partial charge in [0.2, 0.25) is 0 Å². The fourth-order valence-corrected chi connectivity index (χ4v) is 2.67. The Balaban J connectivity index is 1.92. The van der Waals surface area contributed by atoms with Crippen molar-refractivity contribution in [1.29, 1.82) is 0 Å². The van der Waals surface area contributed by atoms with Crippen molar-refractivity contribution in [2.75, 3.05) is 0 Å². The molecule has 1 aliphatic rings. The van der Waals surface area contributed by atoms with Crippen LogP contribution in [0.2, 0.25) is 0 Å². The maximum Gasteiger partial charge on any atom is 0.267 e. The Kier molecular flexibility index (Phi) is 3.69. The molecule has 1 amide bonds. The highest BCUT2D eigenvalue weighted by atomic mass is 79.9. The van der Waals surface area contributed by atoms with Gasteiger partial charge in [0.15, 0.2) is 0 Å². The first-order valence-corrected chi connectivity index (χ1v) is 6.59. The number of aromatic nitrogens is 1. The molecule has 16 heavy (non-hydrogen) atoms. The normalized spacial score (nSPS) is 25.4. The molecule has 2 unspecified atom stereocenters. The van der Waals surface area contributed by atoms with E-state index in [1.807, 2.05) is 6.07 Å². The van der Waals surface area contributed by atoms with Gasteiger partial charge in [-0.1, -0.05) is 19.8 Å². The molecule has 0 aromatic carbocycles. The molecular weight excluding hydrogens is 268 g/mol. The number of H-pyrrole nitrogens is 1. The summed E-state index contributed by atoms with van der Waals surface area (Å²) in [6.07, 6.45) is 6.50. The number of halogens is 1. The van der Waals surface area contributed by atoms with Crippen LogP contribution in [-0.2, 0) is 0 Å². The van der Waals surface area contributed by atoms with E-state index in [2.05, 4.69) is 33.2 Å². The van der Waals surface area contributed by atoms with Crippen LogP contribution in [-0.4, -0.2) is 16.9 Å². The van der Waals surface area contributed by atoms with Crippen molar-refractivity contribution in [1.82, 2.24) is 10.3 Å². The maximum atomic E-state index is 11.9. The zero-order valence-electron chi connectivity index (χ0n) is 9.42. The zero-order chi connectivity index (χ0) is 11.5. The predicted molar refractivity (Wildman–Crippen MR) is 67.4 cm³/mol. The highest BCUT2D eigenvalue weighted by molar-refractivity contribution is 9.10. The van der Waals surface area contributed by atoms with Gasteiger partial charge >= 0.3 is 0 Å². The third kappa shape index (κ3) is 2.88. The lowest BCUT2D eigenvalue weighted by atomic mass is 9.87. The first kappa shape index (κ1) is 11.7. The Morgan fingerprint density at radius 1 is 1.56 bits per heavy atom. The Bertz CT molecular complexity index is 375. The van der Waals surface area contributed by atoms with Gasteiger partial charge in [-0.05, 0) is 40.8 Å². The summed E-state index contributed by atoms with van der Waals surface area (Å²) in [5.41, 5.74) is 0.630. The molecule has 3 nitrogen and oxygen atoms in total. The Labute approximate surface area is 104 Å². The minimum absolute atomic E-state index is 0.00444. The van der Waals surface area contributed by atoms with Crippen LogP contribution in [0, 0.1) is 5.92 Å². The molecule has 0 aliphatic heterocycles. The number of carbonyl (C=O) groups excluding carboxylic acids is 1. The van der Waals surface area contributed by atoms with E-state index in [9.17, 15) is 4.79 Å². The van der Waals surface area contributed by atoms with Crippen molar-refractivity contribution in [3.05, 3.63) is 22.4 Å². The standard InChI is InChI=1S/C12H17BrN2O/c1-8-3-2-4-10(5-8)15-12(16)11-6-9(13)7-14-11/h6-8,10,14H,2-5H2,1H3,(H,15,16). The van der Waals surface area contributed by atoms with Gasteiger partial charge in [0.1, 0.15) is 5.69 Å². The number of hydrogen-bond donors (Lipinski definition) is 2. The van der Waals surface area contributed by atoms with Gasteiger partial charge in [-0.25, -0.2) is 0 Å². The lowest BCUT2D eigenvalue weighted by Crippen LogP contribution is -2.38. The second kappa shape index (κ2) is 5.04. The van der Waals surface area contributed by atoms with Crippen LogP contribution < -0.4 is 5.32 Å². The topological polar surface area (TPSA) is 44.9 Å². The molecule has 0 radical (unpaired) electrons. The molecule has 2 N–H and O–H groups in total. The summed E-state index contributed by atoms with van der Waals surface area (Å²) in [6, 6.07) is 2.15. The summed E-state index contributed by atoms with van der Waals surface area (Å²) in [4.78, 5) is 14.8. The van der Waals surface area contributed by atoms with E-state index >= 15 is 0 Å². The van der Waals surface area contributed by atoms with Gasteiger partial charge in [-0.15, -0.1) is 0 Å². The van der Waals surface area contributed by atoms with Gasteiger partial charge in [0.25, 0.3) is 5.91 Å². The van der Waals surface area contributed by atoms with Gasteiger partial charge in [0.05, 0.1) is 0 Å². The lowest BCUT2D eigenvalue weighted by molar-refractivity contribution is 0.0917. The minimum atomic E-state index is 0.00444. The molecule has 1 aliphatic carbocycles. The van der Waals surface area contributed by atoms with Crippen molar-refractivity contribution < 1.29 is 4.79 Å². The highest BCUT2D eigenvalue weighted by Gasteiger charge is 2.21. The maximum absolute atomic E-state index is 11.9. The Morgan fingerprint density at radius 3 is 3.00 bits per heavy atom. The fraction of sp³-hybridized carbons (Fsp3) is 0.583. The Morgan fingerprint density at radius 2 is 2.38 bits per heavy atom. The first-order chi connectivity index (χ1) is 7.65. The average Bonchev–Trinajstić information content (AvgIpc) is 2.65. The first-order valence-electron chi connectivity index (χ1n) is 5.80. The van der Waals surface area contributed by atoms with E-state index in [1.54, 1.807) is 6.20 Å². The van der Waals surface area contributed by atoms with Crippen molar-refractivity contribution in [3.8, 4) is 0 Å². The molecule has 1 heterocycles. The van der Waals surface area contributed by atoms with E-state index in [0.29, 0.717) is 11.7 Å². The second-order valence-electron chi connectivity index (χ2n) is 4.67. The monoisotopic (exact) mass is 284 g/mol. The molecule has 1 aromatic heterocycles.